The third-order valence-electron chi connectivity index (χ3n) is 4.68. The van der Waals surface area contributed by atoms with Gasteiger partial charge >= 0.3 is 0 Å². The quantitative estimate of drug-likeness (QED) is 0.354. The molecule has 4 rings (SSSR count). The van der Waals surface area contributed by atoms with Crippen LogP contribution in [0.2, 0.25) is 0 Å². The Morgan fingerprint density at radius 2 is 1.94 bits per heavy atom. The van der Waals surface area contributed by atoms with Gasteiger partial charge < -0.3 is 25.9 Å². The number of nitrogens with zero attached hydrogens (tertiary/aromatic N) is 3. The molecule has 0 saturated heterocycles. The highest BCUT2D eigenvalue weighted by molar-refractivity contribution is 5.95. The highest BCUT2D eigenvalue weighted by Crippen LogP contribution is 2.24. The molecule has 0 aliphatic carbocycles. The Hall–Kier alpha value is -4.24. The zero-order valence-electron chi connectivity index (χ0n) is 18.4. The number of amides is 1. The summed E-state index contributed by atoms with van der Waals surface area (Å²) < 4.78 is 5.19. The fraction of sp³-hybridized carbons (Fsp3) is 0.167. The first-order valence-corrected chi connectivity index (χ1v) is 10.3. The van der Waals surface area contributed by atoms with Crippen LogP contribution in [0.25, 0.3) is 11.5 Å². The number of aliphatic hydroxyl groups is 1. The third kappa shape index (κ3) is 6.37. The summed E-state index contributed by atoms with van der Waals surface area (Å²) in [4.78, 5) is 24.1. The highest BCUT2D eigenvalue weighted by atomic mass is 16.3. The van der Waals surface area contributed by atoms with Crippen molar-refractivity contribution in [1.29, 1.82) is 0 Å². The lowest BCUT2D eigenvalue weighted by atomic mass is 10.1. The first-order chi connectivity index (χ1) is 16.0. The van der Waals surface area contributed by atoms with E-state index in [-0.39, 0.29) is 18.3 Å². The first kappa shape index (κ1) is 23.4. The maximum atomic E-state index is 11.7. The van der Waals surface area contributed by atoms with Gasteiger partial charge in [0.1, 0.15) is 12.1 Å². The van der Waals surface area contributed by atoms with E-state index in [0.29, 0.717) is 23.0 Å². The van der Waals surface area contributed by atoms with E-state index in [0.717, 1.165) is 17.7 Å². The molecule has 0 spiro atoms. The summed E-state index contributed by atoms with van der Waals surface area (Å²) >= 11 is 0. The van der Waals surface area contributed by atoms with Gasteiger partial charge in [-0.3, -0.25) is 4.79 Å². The number of hydrogen-bond donors (Lipinski definition) is 4. The normalized spacial score (nSPS) is 10.2. The molecule has 5 N–H and O–H groups in total. The minimum atomic E-state index is -0.130. The average molecular weight is 447 g/mol. The SMILES string of the molecule is CNC(=O)c1ccc(Nc2ncc(-c3ncco3)c(N)n2)cc1C.OCCc1ccccc1. The fourth-order valence-corrected chi connectivity index (χ4v) is 3.01. The number of carbonyl (C=O) groups excluding carboxylic acids is 1. The van der Waals surface area contributed by atoms with Gasteiger partial charge in [0.2, 0.25) is 11.8 Å². The van der Waals surface area contributed by atoms with Gasteiger partial charge in [0.25, 0.3) is 5.91 Å². The highest BCUT2D eigenvalue weighted by Gasteiger charge is 2.11. The predicted molar refractivity (Wildman–Crippen MR) is 127 cm³/mol. The topological polar surface area (TPSA) is 139 Å². The van der Waals surface area contributed by atoms with Crippen molar-refractivity contribution in [2.45, 2.75) is 13.3 Å². The summed E-state index contributed by atoms with van der Waals surface area (Å²) in [5.74, 6) is 0.836. The summed E-state index contributed by atoms with van der Waals surface area (Å²) in [6.45, 7) is 2.10. The number of carbonyl (C=O) groups is 1. The Balaban J connectivity index is 0.000000286. The Bertz CT molecular complexity index is 1180. The van der Waals surface area contributed by atoms with Crippen LogP contribution in [0.15, 0.2) is 71.6 Å². The van der Waals surface area contributed by atoms with Crippen LogP contribution in [0.5, 0.6) is 0 Å². The molecule has 9 heteroatoms. The number of aryl methyl sites for hydroxylation is 1. The molecule has 9 nitrogen and oxygen atoms in total. The second-order valence-electron chi connectivity index (χ2n) is 7.02. The lowest BCUT2D eigenvalue weighted by Gasteiger charge is -2.10. The maximum absolute atomic E-state index is 11.7. The Kier molecular flexibility index (Phi) is 8.09. The second-order valence-corrected chi connectivity index (χ2v) is 7.02. The maximum Gasteiger partial charge on any atom is 0.251 e. The van der Waals surface area contributed by atoms with E-state index < -0.39 is 0 Å². The molecule has 4 aromatic rings. The molecule has 0 saturated carbocycles. The standard InChI is InChI=1S/C16H16N6O2.C8H10O/c1-9-7-10(3-4-11(9)14(23)18-2)21-16-20-8-12(13(17)22-16)15-19-5-6-24-15;9-7-6-8-4-2-1-3-5-8/h3-8H,1-2H3,(H,18,23)(H3,17,20,21,22);1-5,9H,6-7H2. The molecule has 0 atom stereocenters. The molecule has 0 aliphatic rings. The van der Waals surface area contributed by atoms with Crippen LogP contribution in [0.4, 0.5) is 17.5 Å². The van der Waals surface area contributed by atoms with Crippen molar-refractivity contribution in [3.05, 3.63) is 83.9 Å². The number of nitrogens with two attached hydrogens (primary N) is 1. The van der Waals surface area contributed by atoms with E-state index in [2.05, 4.69) is 25.6 Å². The van der Waals surface area contributed by atoms with Gasteiger partial charge in [0, 0.05) is 31.1 Å². The van der Waals surface area contributed by atoms with E-state index in [4.69, 9.17) is 15.3 Å². The average Bonchev–Trinajstić information content (AvgIpc) is 3.35. The van der Waals surface area contributed by atoms with Crippen LogP contribution in [0.3, 0.4) is 0 Å². The number of nitrogen functional groups attached to an aromatic ring is 1. The lowest BCUT2D eigenvalue weighted by molar-refractivity contribution is 0.0962. The summed E-state index contributed by atoms with van der Waals surface area (Å²) in [6.07, 6.45) is 5.29. The molecule has 0 aliphatic heterocycles. The largest absolute Gasteiger partial charge is 0.444 e. The van der Waals surface area contributed by atoms with Crippen molar-refractivity contribution < 1.29 is 14.3 Å². The van der Waals surface area contributed by atoms with Gasteiger partial charge in [-0.05, 0) is 42.7 Å². The minimum Gasteiger partial charge on any atom is -0.444 e. The van der Waals surface area contributed by atoms with Crippen LogP contribution in [-0.4, -0.2) is 39.6 Å². The van der Waals surface area contributed by atoms with Crippen molar-refractivity contribution in [2.75, 3.05) is 24.7 Å². The summed E-state index contributed by atoms with van der Waals surface area (Å²) in [6, 6.07) is 15.3. The number of benzene rings is 2. The van der Waals surface area contributed by atoms with E-state index in [9.17, 15) is 4.79 Å². The van der Waals surface area contributed by atoms with Crippen molar-refractivity contribution in [2.24, 2.45) is 0 Å². The molecule has 170 valence electrons. The Morgan fingerprint density at radius 1 is 1.15 bits per heavy atom. The number of anilines is 3. The second kappa shape index (κ2) is 11.4. The van der Waals surface area contributed by atoms with Crippen molar-refractivity contribution in [1.82, 2.24) is 20.3 Å². The summed E-state index contributed by atoms with van der Waals surface area (Å²) in [7, 11) is 1.60. The molecule has 0 radical (unpaired) electrons. The molecule has 0 unspecified atom stereocenters. The van der Waals surface area contributed by atoms with E-state index in [1.54, 1.807) is 25.4 Å². The van der Waals surface area contributed by atoms with Gasteiger partial charge in [0.15, 0.2) is 0 Å². The molecule has 2 heterocycles. The van der Waals surface area contributed by atoms with Crippen LogP contribution < -0.4 is 16.4 Å². The van der Waals surface area contributed by atoms with Crippen LogP contribution in [-0.2, 0) is 6.42 Å². The smallest absolute Gasteiger partial charge is 0.251 e. The number of nitrogens with one attached hydrogen (secondary N) is 2. The fourth-order valence-electron chi connectivity index (χ4n) is 3.01. The Morgan fingerprint density at radius 3 is 2.55 bits per heavy atom. The molecule has 2 aromatic carbocycles. The van der Waals surface area contributed by atoms with Gasteiger partial charge in [-0.25, -0.2) is 9.97 Å². The molecule has 1 amide bonds. The number of aromatic nitrogens is 3. The van der Waals surface area contributed by atoms with Crippen LogP contribution >= 0.6 is 0 Å². The predicted octanol–water partition coefficient (Wildman–Crippen LogP) is 3.35. The third-order valence-corrected chi connectivity index (χ3v) is 4.68. The zero-order chi connectivity index (χ0) is 23.6. The molecule has 2 aromatic heterocycles. The van der Waals surface area contributed by atoms with Gasteiger partial charge in [-0.2, -0.15) is 4.98 Å². The van der Waals surface area contributed by atoms with Crippen molar-refractivity contribution >= 4 is 23.4 Å². The molecular weight excluding hydrogens is 420 g/mol. The van der Waals surface area contributed by atoms with Crippen molar-refractivity contribution in [3.8, 4) is 11.5 Å². The van der Waals surface area contributed by atoms with Crippen molar-refractivity contribution in [3.63, 3.8) is 0 Å². The van der Waals surface area contributed by atoms with Gasteiger partial charge in [0.05, 0.1) is 11.8 Å². The van der Waals surface area contributed by atoms with Crippen LogP contribution in [0.1, 0.15) is 21.5 Å². The Labute approximate surface area is 191 Å². The lowest BCUT2D eigenvalue weighted by Crippen LogP contribution is -2.18. The van der Waals surface area contributed by atoms with Crippen LogP contribution in [0, 0.1) is 6.92 Å². The zero-order valence-corrected chi connectivity index (χ0v) is 18.4. The van der Waals surface area contributed by atoms with E-state index >= 15 is 0 Å². The number of hydrogen-bond acceptors (Lipinski definition) is 8. The van der Waals surface area contributed by atoms with E-state index in [1.807, 2.05) is 43.3 Å². The molecule has 33 heavy (non-hydrogen) atoms. The first-order valence-electron chi connectivity index (χ1n) is 10.3. The summed E-state index contributed by atoms with van der Waals surface area (Å²) in [5.41, 5.74) is 9.86. The van der Waals surface area contributed by atoms with Gasteiger partial charge in [-0.1, -0.05) is 30.3 Å². The molecular formula is C24H26N6O3. The van der Waals surface area contributed by atoms with E-state index in [1.165, 1.54) is 18.0 Å². The minimum absolute atomic E-state index is 0.130. The number of oxazole rings is 1. The number of aliphatic hydroxyl groups excluding tert-OH is 1. The number of rotatable bonds is 6. The monoisotopic (exact) mass is 446 g/mol. The molecule has 0 fully saturated rings. The summed E-state index contributed by atoms with van der Waals surface area (Å²) in [5, 5.41) is 14.2. The molecule has 0 bridgehead atoms. The van der Waals surface area contributed by atoms with Gasteiger partial charge in [-0.15, -0.1) is 0 Å².